The van der Waals surface area contributed by atoms with Crippen molar-refractivity contribution in [3.8, 4) is 45.1 Å². The van der Waals surface area contributed by atoms with E-state index >= 15 is 0 Å². The van der Waals surface area contributed by atoms with E-state index in [2.05, 4.69) is 193 Å². The number of aromatic nitrogens is 2. The van der Waals surface area contributed by atoms with Crippen LogP contribution >= 0.6 is 23.5 Å². The number of aromatic hydroxyl groups is 2. The molecule has 0 aliphatic heterocycles. The van der Waals surface area contributed by atoms with E-state index in [4.69, 9.17) is 0 Å². The molecule has 8 aromatic carbocycles. The Bertz CT molecular complexity index is 2890. The first kappa shape index (κ1) is 37.0. The summed E-state index contributed by atoms with van der Waals surface area (Å²) < 4.78 is 4.39. The van der Waals surface area contributed by atoms with E-state index in [1.165, 1.54) is 21.5 Å². The first-order chi connectivity index (χ1) is 29.0. The maximum absolute atomic E-state index is 12.1. The molecule has 0 saturated carbocycles. The molecule has 10 rings (SSSR count). The molecular weight excluding hydrogens is 761 g/mol. The Balaban J connectivity index is 0.904. The van der Waals surface area contributed by atoms with Crippen LogP contribution in [-0.2, 0) is 0 Å². The van der Waals surface area contributed by atoms with E-state index in [1.807, 2.05) is 23.5 Å². The van der Waals surface area contributed by atoms with E-state index in [0.29, 0.717) is 0 Å². The van der Waals surface area contributed by atoms with Crippen LogP contribution in [0.2, 0.25) is 0 Å². The highest BCUT2D eigenvalue weighted by atomic mass is 32.2. The van der Waals surface area contributed by atoms with Gasteiger partial charge in [0.25, 0.3) is 0 Å². The number of nitrogens with zero attached hydrogens (tertiary/aromatic N) is 2. The minimum atomic E-state index is 0.281. The maximum Gasteiger partial charge on any atom is 0.147 e. The topological polar surface area (TPSA) is 50.3 Å². The van der Waals surface area contributed by atoms with Gasteiger partial charge in [-0.05, 0) is 115 Å². The number of rotatable bonds is 10. The van der Waals surface area contributed by atoms with Gasteiger partial charge in [0.05, 0.1) is 33.4 Å². The summed E-state index contributed by atoms with van der Waals surface area (Å²) in [7, 11) is 0. The van der Waals surface area contributed by atoms with Crippen LogP contribution in [0.3, 0.4) is 0 Å². The smallest absolute Gasteiger partial charge is 0.147 e. The first-order valence-electron chi connectivity index (χ1n) is 20.0. The summed E-state index contributed by atoms with van der Waals surface area (Å²) in [6.45, 7) is 4.21. The van der Waals surface area contributed by atoms with Gasteiger partial charge in [0.15, 0.2) is 0 Å². The van der Waals surface area contributed by atoms with Gasteiger partial charge < -0.3 is 19.3 Å². The van der Waals surface area contributed by atoms with Crippen molar-refractivity contribution in [3.63, 3.8) is 0 Å². The fraction of sp³-hybridized carbons (Fsp3) is 0.0943. The minimum absolute atomic E-state index is 0.281. The molecule has 0 fully saturated rings. The van der Waals surface area contributed by atoms with Crippen molar-refractivity contribution in [1.82, 2.24) is 9.13 Å². The van der Waals surface area contributed by atoms with Crippen LogP contribution in [0.15, 0.2) is 180 Å². The van der Waals surface area contributed by atoms with E-state index in [9.17, 15) is 10.2 Å². The number of hydrogen-bond donors (Lipinski definition) is 2. The summed E-state index contributed by atoms with van der Waals surface area (Å²) in [6, 6.07) is 58.9. The lowest BCUT2D eigenvalue weighted by atomic mass is 10.0. The number of hydrogen-bond acceptors (Lipinski definition) is 4. The molecule has 10 aromatic rings. The van der Waals surface area contributed by atoms with Gasteiger partial charge in [-0.1, -0.05) is 109 Å². The molecule has 6 heteroatoms. The average molecular weight is 803 g/mol. The summed E-state index contributed by atoms with van der Waals surface area (Å²) in [5, 5.41) is 28.8. The third-order valence-corrected chi connectivity index (χ3v) is 13.6. The molecule has 0 bridgehead atoms. The van der Waals surface area contributed by atoms with E-state index in [-0.39, 0.29) is 11.5 Å². The molecule has 2 N–H and O–H groups in total. The standard InChI is InChI=1S/C53H42N2O2S2/c1-34-30-42(52(56)48(32-34)54-44-22-9-3-16-36(44)37-17-4-10-23-45(37)54)40-20-7-13-26-50(40)58-28-15-29-59-51-27-14-8-21-41(51)43-31-35(2)33-49(53(43)57)55-46-24-11-5-18-38(46)39-19-6-12-25-47(39)55/h3-14,16-27,30-33,56-57H,15,28-29H2,1-2H3. The second-order valence-electron chi connectivity index (χ2n) is 15.1. The molecule has 0 atom stereocenters. The van der Waals surface area contributed by atoms with Crippen LogP contribution in [0, 0.1) is 13.8 Å². The van der Waals surface area contributed by atoms with Crippen molar-refractivity contribution in [2.45, 2.75) is 30.1 Å². The van der Waals surface area contributed by atoms with Crippen molar-refractivity contribution in [1.29, 1.82) is 0 Å². The highest BCUT2D eigenvalue weighted by Crippen LogP contribution is 2.45. The van der Waals surface area contributed by atoms with Crippen LogP contribution in [0.1, 0.15) is 17.5 Å². The number of phenolic OH excluding ortho intramolecular Hbond substituents is 2. The third kappa shape index (κ3) is 6.53. The van der Waals surface area contributed by atoms with Gasteiger partial charge in [0, 0.05) is 42.5 Å². The minimum Gasteiger partial charge on any atom is -0.505 e. The monoisotopic (exact) mass is 802 g/mol. The van der Waals surface area contributed by atoms with E-state index < -0.39 is 0 Å². The zero-order valence-corrected chi connectivity index (χ0v) is 34.5. The normalized spacial score (nSPS) is 11.7. The van der Waals surface area contributed by atoms with E-state index in [0.717, 1.165) is 94.5 Å². The summed E-state index contributed by atoms with van der Waals surface area (Å²) in [6.07, 6.45) is 0.983. The fourth-order valence-electron chi connectivity index (χ4n) is 8.69. The Kier molecular flexibility index (Phi) is 9.67. The molecule has 288 valence electrons. The predicted molar refractivity (Wildman–Crippen MR) is 251 cm³/mol. The zero-order chi connectivity index (χ0) is 40.0. The number of thioether (sulfide) groups is 2. The molecule has 0 saturated heterocycles. The number of aryl methyl sites for hydroxylation is 2. The van der Waals surface area contributed by atoms with Gasteiger partial charge >= 0.3 is 0 Å². The van der Waals surface area contributed by atoms with Crippen LogP contribution < -0.4 is 0 Å². The lowest BCUT2D eigenvalue weighted by Gasteiger charge is -2.17. The molecule has 0 unspecified atom stereocenters. The number of benzene rings is 8. The second kappa shape index (κ2) is 15.4. The lowest BCUT2D eigenvalue weighted by molar-refractivity contribution is 0.474. The molecule has 59 heavy (non-hydrogen) atoms. The molecule has 0 amide bonds. The number of fused-ring (bicyclic) bond motifs is 6. The Morgan fingerprint density at radius 3 is 1.08 bits per heavy atom. The average Bonchev–Trinajstić information content (AvgIpc) is 3.78. The Morgan fingerprint density at radius 2 is 0.712 bits per heavy atom. The molecule has 2 aromatic heterocycles. The molecule has 0 aliphatic rings. The fourth-order valence-corrected chi connectivity index (χ4v) is 10.9. The lowest BCUT2D eigenvalue weighted by Crippen LogP contribution is -1.98. The van der Waals surface area contributed by atoms with Crippen LogP contribution in [0.25, 0.3) is 77.2 Å². The number of phenols is 2. The van der Waals surface area contributed by atoms with Gasteiger partial charge in [-0.15, -0.1) is 23.5 Å². The van der Waals surface area contributed by atoms with Gasteiger partial charge in [0.2, 0.25) is 0 Å². The van der Waals surface area contributed by atoms with Gasteiger partial charge in [-0.25, -0.2) is 0 Å². The largest absolute Gasteiger partial charge is 0.505 e. The van der Waals surface area contributed by atoms with Crippen molar-refractivity contribution < 1.29 is 10.2 Å². The Labute approximate surface area is 352 Å². The number of para-hydroxylation sites is 4. The van der Waals surface area contributed by atoms with Crippen molar-refractivity contribution >= 4 is 67.1 Å². The highest BCUT2D eigenvalue weighted by molar-refractivity contribution is 8.00. The summed E-state index contributed by atoms with van der Waals surface area (Å²) in [5.41, 5.74) is 11.8. The maximum atomic E-state index is 12.1. The second-order valence-corrected chi connectivity index (χ2v) is 17.4. The van der Waals surface area contributed by atoms with Gasteiger partial charge in [-0.2, -0.15) is 0 Å². The quantitative estimate of drug-likeness (QED) is 0.107. The Morgan fingerprint density at radius 1 is 0.390 bits per heavy atom. The molecule has 4 nitrogen and oxygen atoms in total. The van der Waals surface area contributed by atoms with Crippen LogP contribution in [0.5, 0.6) is 11.5 Å². The molecule has 0 radical (unpaired) electrons. The van der Waals surface area contributed by atoms with Crippen molar-refractivity contribution in [3.05, 3.63) is 181 Å². The van der Waals surface area contributed by atoms with Gasteiger partial charge in [-0.3, -0.25) is 0 Å². The van der Waals surface area contributed by atoms with E-state index in [1.54, 1.807) is 0 Å². The third-order valence-electron chi connectivity index (χ3n) is 11.3. The molecule has 0 spiro atoms. The van der Waals surface area contributed by atoms with Crippen LogP contribution in [0.4, 0.5) is 0 Å². The summed E-state index contributed by atoms with van der Waals surface area (Å²) >= 11 is 3.67. The predicted octanol–water partition coefficient (Wildman–Crippen LogP) is 14.5. The zero-order valence-electron chi connectivity index (χ0n) is 32.9. The SMILES string of the molecule is Cc1cc(-c2ccccc2SCCCSc2ccccc2-c2cc(C)cc(-n3c4ccccc4c4ccccc43)c2O)c(O)c(-n2c3ccccc3c3ccccc32)c1. The molecule has 0 aliphatic carbocycles. The Hall–Kier alpha value is -6.34. The summed E-state index contributed by atoms with van der Waals surface area (Å²) in [4.78, 5) is 2.29. The summed E-state index contributed by atoms with van der Waals surface area (Å²) in [5.74, 6) is 2.41. The highest BCUT2D eigenvalue weighted by Gasteiger charge is 2.21. The molecule has 2 heterocycles. The van der Waals surface area contributed by atoms with Crippen molar-refractivity contribution in [2.24, 2.45) is 0 Å². The van der Waals surface area contributed by atoms with Gasteiger partial charge in [0.1, 0.15) is 11.5 Å². The van der Waals surface area contributed by atoms with Crippen LogP contribution in [-0.4, -0.2) is 30.9 Å². The van der Waals surface area contributed by atoms with Crippen molar-refractivity contribution in [2.75, 3.05) is 11.5 Å². The first-order valence-corrected chi connectivity index (χ1v) is 22.0. The molecular formula is C53H42N2O2S2.